The van der Waals surface area contributed by atoms with Crippen LogP contribution in [0.15, 0.2) is 39.4 Å². The summed E-state index contributed by atoms with van der Waals surface area (Å²) in [7, 11) is 0. The lowest BCUT2D eigenvalue weighted by Crippen LogP contribution is -2.13. The molecular weight excluding hydrogens is 358 g/mol. The Kier molecular flexibility index (Phi) is 4.34. The topological polar surface area (TPSA) is 25.2 Å². The van der Waals surface area contributed by atoms with E-state index < -0.39 is 17.8 Å². The maximum absolute atomic E-state index is 13.0. The van der Waals surface area contributed by atoms with Crippen LogP contribution in [0.25, 0.3) is 0 Å². The highest BCUT2D eigenvalue weighted by Gasteiger charge is 2.34. The van der Waals surface area contributed by atoms with E-state index in [1.807, 2.05) is 0 Å². The Labute approximate surface area is 127 Å². The van der Waals surface area contributed by atoms with Gasteiger partial charge >= 0.3 is 6.18 Å². The molecule has 0 spiro atoms. The summed E-state index contributed by atoms with van der Waals surface area (Å²) < 4.78 is 44.7. The van der Waals surface area contributed by atoms with Gasteiger partial charge in [0.15, 0.2) is 4.67 Å². The minimum atomic E-state index is -4.48. The number of anilines is 1. The molecule has 108 valence electrons. The molecule has 1 aromatic carbocycles. The van der Waals surface area contributed by atoms with Gasteiger partial charge in [0, 0.05) is 10.7 Å². The van der Waals surface area contributed by atoms with Crippen molar-refractivity contribution < 1.29 is 17.6 Å². The Balaban J connectivity index is 2.29. The molecular formula is C13H10BrClF3NO. The van der Waals surface area contributed by atoms with E-state index >= 15 is 0 Å². The molecule has 2 nitrogen and oxygen atoms in total. The summed E-state index contributed by atoms with van der Waals surface area (Å²) in [6.07, 6.45) is -4.48. The van der Waals surface area contributed by atoms with Crippen LogP contribution < -0.4 is 5.32 Å². The van der Waals surface area contributed by atoms with E-state index in [0.29, 0.717) is 10.4 Å². The van der Waals surface area contributed by atoms with E-state index in [2.05, 4.69) is 21.2 Å². The SMILES string of the molecule is CC(Nc1ccc(Cl)cc1C(F)(F)F)c1ccc(Br)o1. The summed E-state index contributed by atoms with van der Waals surface area (Å²) in [5, 5.41) is 2.82. The summed E-state index contributed by atoms with van der Waals surface area (Å²) >= 11 is 8.78. The van der Waals surface area contributed by atoms with Crippen molar-refractivity contribution in [3.05, 3.63) is 51.3 Å². The van der Waals surface area contributed by atoms with Crippen LogP contribution in [-0.2, 0) is 6.18 Å². The van der Waals surface area contributed by atoms with Crippen molar-refractivity contribution in [2.75, 3.05) is 5.32 Å². The standard InChI is InChI=1S/C13H10BrClF3NO/c1-7(11-4-5-12(14)20-11)19-10-3-2-8(15)6-9(10)13(16,17)18/h2-7,19H,1H3. The van der Waals surface area contributed by atoms with Gasteiger partial charge in [-0.25, -0.2) is 0 Å². The molecule has 1 unspecified atom stereocenters. The van der Waals surface area contributed by atoms with Crippen LogP contribution in [-0.4, -0.2) is 0 Å². The van der Waals surface area contributed by atoms with Crippen molar-refractivity contribution in [2.45, 2.75) is 19.1 Å². The average Bonchev–Trinajstić information content (AvgIpc) is 2.77. The zero-order chi connectivity index (χ0) is 14.9. The van der Waals surface area contributed by atoms with Crippen LogP contribution in [0.3, 0.4) is 0 Å². The molecule has 0 amide bonds. The molecule has 7 heteroatoms. The molecule has 0 bridgehead atoms. The Morgan fingerprint density at radius 1 is 1.25 bits per heavy atom. The van der Waals surface area contributed by atoms with E-state index in [-0.39, 0.29) is 10.7 Å². The second-order valence-electron chi connectivity index (χ2n) is 4.20. The smallest absolute Gasteiger partial charge is 0.418 e. The third-order valence-corrected chi connectivity index (χ3v) is 3.34. The average molecular weight is 369 g/mol. The van der Waals surface area contributed by atoms with Crippen LogP contribution >= 0.6 is 27.5 Å². The van der Waals surface area contributed by atoms with Crippen molar-refractivity contribution in [3.8, 4) is 0 Å². The van der Waals surface area contributed by atoms with Crippen LogP contribution in [0.5, 0.6) is 0 Å². The van der Waals surface area contributed by atoms with Gasteiger partial charge in [0.1, 0.15) is 5.76 Å². The van der Waals surface area contributed by atoms with E-state index in [1.165, 1.54) is 12.1 Å². The lowest BCUT2D eigenvalue weighted by Gasteiger charge is -2.18. The minimum Gasteiger partial charge on any atom is -0.452 e. The minimum absolute atomic E-state index is 0.0382. The van der Waals surface area contributed by atoms with Gasteiger partial charge in [-0.15, -0.1) is 0 Å². The monoisotopic (exact) mass is 367 g/mol. The molecule has 2 aromatic rings. The third-order valence-electron chi connectivity index (χ3n) is 2.68. The van der Waals surface area contributed by atoms with Crippen LogP contribution in [0.2, 0.25) is 5.02 Å². The molecule has 0 aliphatic rings. The van der Waals surface area contributed by atoms with E-state index in [4.69, 9.17) is 16.0 Å². The lowest BCUT2D eigenvalue weighted by molar-refractivity contribution is -0.137. The van der Waals surface area contributed by atoms with Gasteiger partial charge in [0.05, 0.1) is 11.6 Å². The molecule has 0 aliphatic heterocycles. The Morgan fingerprint density at radius 2 is 1.95 bits per heavy atom. The van der Waals surface area contributed by atoms with Gasteiger partial charge in [0.2, 0.25) is 0 Å². The first-order chi connectivity index (χ1) is 9.27. The first kappa shape index (κ1) is 15.3. The zero-order valence-corrected chi connectivity index (χ0v) is 12.6. The van der Waals surface area contributed by atoms with Crippen molar-refractivity contribution in [1.29, 1.82) is 0 Å². The number of rotatable bonds is 3. The molecule has 0 fully saturated rings. The fourth-order valence-electron chi connectivity index (χ4n) is 1.74. The van der Waals surface area contributed by atoms with Gasteiger partial charge in [-0.2, -0.15) is 13.2 Å². The fourth-order valence-corrected chi connectivity index (χ4v) is 2.23. The fraction of sp³-hybridized carbons (Fsp3) is 0.231. The molecule has 1 heterocycles. The maximum atomic E-state index is 13.0. The highest BCUT2D eigenvalue weighted by molar-refractivity contribution is 9.10. The van der Waals surface area contributed by atoms with Gasteiger partial charge in [-0.05, 0) is 53.2 Å². The molecule has 1 aromatic heterocycles. The van der Waals surface area contributed by atoms with Gasteiger partial charge in [0.25, 0.3) is 0 Å². The second-order valence-corrected chi connectivity index (χ2v) is 5.41. The molecule has 0 saturated carbocycles. The van der Waals surface area contributed by atoms with Crippen LogP contribution in [0, 0.1) is 0 Å². The molecule has 1 atom stereocenters. The largest absolute Gasteiger partial charge is 0.452 e. The lowest BCUT2D eigenvalue weighted by atomic mass is 10.1. The van der Waals surface area contributed by atoms with Crippen LogP contribution in [0.4, 0.5) is 18.9 Å². The second kappa shape index (κ2) is 5.69. The molecule has 0 aliphatic carbocycles. The quantitative estimate of drug-likeness (QED) is 0.731. The Hall–Kier alpha value is -1.14. The number of halogens is 5. The molecule has 1 N–H and O–H groups in total. The normalized spacial score (nSPS) is 13.3. The number of benzene rings is 1. The molecule has 0 saturated heterocycles. The summed E-state index contributed by atoms with van der Waals surface area (Å²) in [5.41, 5.74) is -0.843. The van der Waals surface area contributed by atoms with Gasteiger partial charge in [-0.3, -0.25) is 0 Å². The first-order valence-corrected chi connectivity index (χ1v) is 6.83. The van der Waals surface area contributed by atoms with Crippen LogP contribution in [0.1, 0.15) is 24.3 Å². The predicted molar refractivity (Wildman–Crippen MR) is 74.9 cm³/mol. The number of hydrogen-bond donors (Lipinski definition) is 1. The Morgan fingerprint density at radius 3 is 2.50 bits per heavy atom. The van der Waals surface area contributed by atoms with Crippen molar-refractivity contribution >= 4 is 33.2 Å². The number of nitrogens with one attached hydrogen (secondary N) is 1. The van der Waals surface area contributed by atoms with Crippen molar-refractivity contribution in [3.63, 3.8) is 0 Å². The van der Waals surface area contributed by atoms with E-state index in [0.717, 1.165) is 6.07 Å². The van der Waals surface area contributed by atoms with Gasteiger partial charge in [-0.1, -0.05) is 11.6 Å². The number of hydrogen-bond acceptors (Lipinski definition) is 2. The number of alkyl halides is 3. The predicted octanol–water partition coefficient (Wildman–Crippen LogP) is 5.89. The van der Waals surface area contributed by atoms with E-state index in [9.17, 15) is 13.2 Å². The Bertz CT molecular complexity index is 612. The molecule has 2 rings (SSSR count). The van der Waals surface area contributed by atoms with Crippen molar-refractivity contribution in [2.24, 2.45) is 0 Å². The molecule has 0 radical (unpaired) electrons. The zero-order valence-electron chi connectivity index (χ0n) is 10.3. The third kappa shape index (κ3) is 3.49. The first-order valence-electron chi connectivity index (χ1n) is 5.66. The maximum Gasteiger partial charge on any atom is 0.418 e. The summed E-state index contributed by atoms with van der Waals surface area (Å²) in [6, 6.07) is 6.56. The van der Waals surface area contributed by atoms with E-state index in [1.54, 1.807) is 19.1 Å². The molecule has 20 heavy (non-hydrogen) atoms. The van der Waals surface area contributed by atoms with Gasteiger partial charge < -0.3 is 9.73 Å². The highest BCUT2D eigenvalue weighted by atomic mass is 79.9. The number of furan rings is 1. The summed E-state index contributed by atoms with van der Waals surface area (Å²) in [4.78, 5) is 0. The summed E-state index contributed by atoms with van der Waals surface area (Å²) in [5.74, 6) is 0.528. The van der Waals surface area contributed by atoms with Crippen molar-refractivity contribution in [1.82, 2.24) is 0 Å². The highest BCUT2D eigenvalue weighted by Crippen LogP contribution is 2.38. The summed E-state index contributed by atoms with van der Waals surface area (Å²) in [6.45, 7) is 1.71.